The van der Waals surface area contributed by atoms with Gasteiger partial charge < -0.3 is 14.5 Å². The van der Waals surface area contributed by atoms with E-state index in [2.05, 4.69) is 4.98 Å². The number of carbonyl (C=O) groups excluding carboxylic acids is 1. The minimum absolute atomic E-state index is 0.257. The first kappa shape index (κ1) is 21.0. The highest BCUT2D eigenvalue weighted by Gasteiger charge is 2.25. The predicted molar refractivity (Wildman–Crippen MR) is 122 cm³/mol. The Kier molecular flexibility index (Phi) is 5.99. The van der Waals surface area contributed by atoms with E-state index in [9.17, 15) is 9.59 Å². The maximum atomic E-state index is 13.7. The number of rotatable bonds is 7. The van der Waals surface area contributed by atoms with Gasteiger partial charge in [0, 0.05) is 10.9 Å². The number of hydrogen-bond acceptors (Lipinski definition) is 6. The Hall–Kier alpha value is -3.26. The lowest BCUT2D eigenvalue weighted by molar-refractivity contribution is -0.142. The second-order valence-corrected chi connectivity index (χ2v) is 8.04. The minimum atomic E-state index is -0.490. The molecule has 0 saturated carbocycles. The molecular weight excluding hydrogens is 414 g/mol. The van der Waals surface area contributed by atoms with Crippen molar-refractivity contribution in [1.82, 2.24) is 14.5 Å². The van der Waals surface area contributed by atoms with Gasteiger partial charge in [-0.05, 0) is 31.5 Å². The van der Waals surface area contributed by atoms with Crippen LogP contribution < -0.4 is 10.3 Å². The second kappa shape index (κ2) is 8.85. The molecule has 0 amide bonds. The smallest absolute Gasteiger partial charge is 0.319 e. The SMILES string of the molecule is CCOC(=O)[C@@H](CC)Sc1nc2c([nH]c3ccccc32)c(=O)n1-c1ccccc1OC. The fraction of sp³-hybridized carbons (Fsp3) is 0.261. The number of H-pyrrole nitrogens is 1. The van der Waals surface area contributed by atoms with Gasteiger partial charge in [-0.25, -0.2) is 9.55 Å². The lowest BCUT2D eigenvalue weighted by Gasteiger charge is -2.18. The number of para-hydroxylation sites is 3. The van der Waals surface area contributed by atoms with Gasteiger partial charge in [0.05, 0.1) is 19.4 Å². The number of nitrogens with one attached hydrogen (secondary N) is 1. The van der Waals surface area contributed by atoms with Crippen LogP contribution in [0.5, 0.6) is 5.75 Å². The van der Waals surface area contributed by atoms with Crippen molar-refractivity contribution in [2.75, 3.05) is 13.7 Å². The summed E-state index contributed by atoms with van der Waals surface area (Å²) in [5.41, 5.74) is 2.11. The molecular formula is C23H23N3O4S. The molecule has 1 atom stereocenters. The number of esters is 1. The van der Waals surface area contributed by atoms with Gasteiger partial charge in [0.2, 0.25) is 0 Å². The molecule has 8 heteroatoms. The number of hydrogen-bond donors (Lipinski definition) is 1. The molecule has 2 heterocycles. The Balaban J connectivity index is 2.00. The van der Waals surface area contributed by atoms with Crippen molar-refractivity contribution in [3.63, 3.8) is 0 Å². The molecule has 0 aliphatic carbocycles. The van der Waals surface area contributed by atoms with Crippen LogP contribution in [-0.4, -0.2) is 39.5 Å². The van der Waals surface area contributed by atoms with Crippen LogP contribution in [-0.2, 0) is 9.53 Å². The lowest BCUT2D eigenvalue weighted by atomic mass is 10.2. The van der Waals surface area contributed by atoms with Gasteiger partial charge in [0.15, 0.2) is 5.16 Å². The van der Waals surface area contributed by atoms with Gasteiger partial charge in [0.25, 0.3) is 5.56 Å². The van der Waals surface area contributed by atoms with Crippen molar-refractivity contribution in [2.45, 2.75) is 30.7 Å². The standard InChI is InChI=1S/C23H23N3O4S/c1-4-18(22(28)30-5-2)31-23-25-19-14-10-6-7-11-15(14)24-20(19)21(27)26(23)16-12-8-9-13-17(16)29-3/h6-13,18,24H,4-5H2,1-3H3/t18-/m1/s1. The van der Waals surface area contributed by atoms with Crippen LogP contribution in [0.3, 0.4) is 0 Å². The maximum absolute atomic E-state index is 13.7. The van der Waals surface area contributed by atoms with Crippen molar-refractivity contribution in [1.29, 1.82) is 0 Å². The number of nitrogens with zero attached hydrogens (tertiary/aromatic N) is 2. The summed E-state index contributed by atoms with van der Waals surface area (Å²) in [7, 11) is 1.55. The molecule has 31 heavy (non-hydrogen) atoms. The number of methoxy groups -OCH3 is 1. The number of ether oxygens (including phenoxy) is 2. The minimum Gasteiger partial charge on any atom is -0.495 e. The largest absolute Gasteiger partial charge is 0.495 e. The van der Waals surface area contributed by atoms with Crippen LogP contribution in [0.25, 0.3) is 27.6 Å². The Morgan fingerprint density at radius 2 is 1.90 bits per heavy atom. The molecule has 0 fully saturated rings. The van der Waals surface area contributed by atoms with Crippen LogP contribution >= 0.6 is 11.8 Å². The van der Waals surface area contributed by atoms with Crippen molar-refractivity contribution in [3.05, 3.63) is 58.9 Å². The van der Waals surface area contributed by atoms with Crippen LogP contribution in [0.1, 0.15) is 20.3 Å². The zero-order valence-electron chi connectivity index (χ0n) is 17.5. The highest BCUT2D eigenvalue weighted by atomic mass is 32.2. The van der Waals surface area contributed by atoms with Crippen LogP contribution in [0, 0.1) is 0 Å². The molecule has 0 spiro atoms. The third-order valence-electron chi connectivity index (χ3n) is 4.99. The number of aromatic amines is 1. The van der Waals surface area contributed by atoms with E-state index < -0.39 is 5.25 Å². The lowest BCUT2D eigenvalue weighted by Crippen LogP contribution is -2.25. The molecule has 0 aliphatic heterocycles. The maximum Gasteiger partial charge on any atom is 0.319 e. The molecule has 160 valence electrons. The Labute approximate surface area is 183 Å². The third kappa shape index (κ3) is 3.79. The molecule has 4 aromatic rings. The van der Waals surface area contributed by atoms with E-state index in [-0.39, 0.29) is 11.5 Å². The van der Waals surface area contributed by atoms with E-state index in [0.29, 0.717) is 40.7 Å². The van der Waals surface area contributed by atoms with E-state index in [4.69, 9.17) is 14.5 Å². The number of thioether (sulfide) groups is 1. The summed E-state index contributed by atoms with van der Waals surface area (Å²) in [5.74, 6) is 0.211. The summed E-state index contributed by atoms with van der Waals surface area (Å²) >= 11 is 1.23. The van der Waals surface area contributed by atoms with Gasteiger partial charge in [-0.2, -0.15) is 0 Å². The van der Waals surface area contributed by atoms with Crippen molar-refractivity contribution < 1.29 is 14.3 Å². The van der Waals surface area contributed by atoms with E-state index in [1.54, 1.807) is 26.2 Å². The fourth-order valence-corrected chi connectivity index (χ4v) is 4.52. The molecule has 0 unspecified atom stereocenters. The zero-order chi connectivity index (χ0) is 22.0. The molecule has 2 aromatic carbocycles. The molecule has 0 radical (unpaired) electrons. The van der Waals surface area contributed by atoms with Crippen molar-refractivity contribution >= 4 is 39.7 Å². The molecule has 2 aromatic heterocycles. The average molecular weight is 438 g/mol. The van der Waals surface area contributed by atoms with Crippen molar-refractivity contribution in [3.8, 4) is 11.4 Å². The monoisotopic (exact) mass is 437 g/mol. The molecule has 1 N–H and O–H groups in total. The topological polar surface area (TPSA) is 86.2 Å². The number of carbonyl (C=O) groups is 1. The van der Waals surface area contributed by atoms with Gasteiger partial charge in [-0.1, -0.05) is 49.0 Å². The third-order valence-corrected chi connectivity index (χ3v) is 6.28. The normalized spacial score (nSPS) is 12.2. The summed E-state index contributed by atoms with van der Waals surface area (Å²) in [4.78, 5) is 34.2. The fourth-order valence-electron chi connectivity index (χ4n) is 3.51. The highest BCUT2D eigenvalue weighted by Crippen LogP contribution is 2.32. The predicted octanol–water partition coefficient (Wildman–Crippen LogP) is 4.31. The Bertz CT molecular complexity index is 1310. The second-order valence-electron chi connectivity index (χ2n) is 6.87. The van der Waals surface area contributed by atoms with Gasteiger partial charge in [-0.15, -0.1) is 0 Å². The van der Waals surface area contributed by atoms with Crippen LogP contribution in [0.4, 0.5) is 0 Å². The summed E-state index contributed by atoms with van der Waals surface area (Å²) in [6, 6.07) is 14.9. The summed E-state index contributed by atoms with van der Waals surface area (Å²) in [6.07, 6.45) is 0.539. The van der Waals surface area contributed by atoms with E-state index >= 15 is 0 Å². The number of fused-ring (bicyclic) bond motifs is 3. The van der Waals surface area contributed by atoms with Gasteiger partial charge in [-0.3, -0.25) is 9.59 Å². The molecule has 7 nitrogen and oxygen atoms in total. The van der Waals surface area contributed by atoms with Crippen LogP contribution in [0.2, 0.25) is 0 Å². The summed E-state index contributed by atoms with van der Waals surface area (Å²) < 4.78 is 12.2. The van der Waals surface area contributed by atoms with E-state index in [0.717, 1.165) is 10.9 Å². The van der Waals surface area contributed by atoms with Gasteiger partial charge >= 0.3 is 5.97 Å². The number of aromatic nitrogens is 3. The number of benzene rings is 2. The molecule has 0 saturated heterocycles. The van der Waals surface area contributed by atoms with Crippen LogP contribution in [0.15, 0.2) is 58.5 Å². The van der Waals surface area contributed by atoms with E-state index in [1.165, 1.54) is 16.3 Å². The zero-order valence-corrected chi connectivity index (χ0v) is 18.4. The highest BCUT2D eigenvalue weighted by molar-refractivity contribution is 8.00. The van der Waals surface area contributed by atoms with Gasteiger partial charge in [0.1, 0.15) is 22.0 Å². The first-order valence-corrected chi connectivity index (χ1v) is 11.0. The quantitative estimate of drug-likeness (QED) is 0.263. The molecule has 4 rings (SSSR count). The Morgan fingerprint density at radius 3 is 2.65 bits per heavy atom. The molecule has 0 aliphatic rings. The first-order chi connectivity index (χ1) is 15.1. The van der Waals surface area contributed by atoms with Crippen molar-refractivity contribution in [2.24, 2.45) is 0 Å². The average Bonchev–Trinajstić information content (AvgIpc) is 3.17. The Morgan fingerprint density at radius 1 is 1.16 bits per heavy atom. The first-order valence-electron chi connectivity index (χ1n) is 10.1. The van der Waals surface area contributed by atoms with E-state index in [1.807, 2.05) is 43.3 Å². The summed E-state index contributed by atoms with van der Waals surface area (Å²) in [6.45, 7) is 3.98. The summed E-state index contributed by atoms with van der Waals surface area (Å²) in [5, 5.41) is 0.773. The molecule has 0 bridgehead atoms.